The second kappa shape index (κ2) is 6.02. The van der Waals surface area contributed by atoms with E-state index in [1.165, 1.54) is 5.56 Å². The van der Waals surface area contributed by atoms with Crippen molar-refractivity contribution >= 4 is 22.2 Å². The highest BCUT2D eigenvalue weighted by Gasteiger charge is 2.05. The number of hydrogen-bond donors (Lipinski definition) is 0. The molecule has 0 spiro atoms. The number of ether oxygens (including phenoxy) is 1. The quantitative estimate of drug-likeness (QED) is 0.726. The summed E-state index contributed by atoms with van der Waals surface area (Å²) in [5, 5.41) is 0. The molecule has 0 aliphatic heterocycles. The molecule has 2 aromatic carbocycles. The van der Waals surface area contributed by atoms with Crippen molar-refractivity contribution < 1.29 is 9.53 Å². The Morgan fingerprint density at radius 1 is 1.11 bits per heavy atom. The molecule has 0 saturated carbocycles. The fourth-order valence-electron chi connectivity index (χ4n) is 1.72. The maximum absolute atomic E-state index is 10.7. The van der Waals surface area contributed by atoms with Gasteiger partial charge in [-0.05, 0) is 57.7 Å². The van der Waals surface area contributed by atoms with Crippen LogP contribution in [0, 0.1) is 0 Å². The minimum Gasteiger partial charge on any atom is -0.456 e. The number of rotatable bonds is 4. The highest BCUT2D eigenvalue weighted by molar-refractivity contribution is 9.10. The highest BCUT2D eigenvalue weighted by Crippen LogP contribution is 2.30. The predicted octanol–water partition coefficient (Wildman–Crippen LogP) is 5.18. The molecule has 0 aliphatic carbocycles. The molecule has 0 N–H and O–H groups in total. The molecular formula is C16H15BrO2. The van der Waals surface area contributed by atoms with E-state index in [1.807, 2.05) is 12.1 Å². The fraction of sp³-hybridized carbons (Fsp3) is 0.188. The van der Waals surface area contributed by atoms with E-state index in [0.29, 0.717) is 17.2 Å². The largest absolute Gasteiger partial charge is 0.456 e. The van der Waals surface area contributed by atoms with Crippen molar-refractivity contribution in [2.45, 2.75) is 19.8 Å². The van der Waals surface area contributed by atoms with Crippen LogP contribution in [-0.4, -0.2) is 6.29 Å². The Morgan fingerprint density at radius 3 is 2.32 bits per heavy atom. The Bertz CT molecular complexity index is 574. The second-order valence-corrected chi connectivity index (χ2v) is 5.49. The molecule has 0 aliphatic rings. The van der Waals surface area contributed by atoms with Crippen LogP contribution in [0.25, 0.3) is 0 Å². The van der Waals surface area contributed by atoms with Gasteiger partial charge in [-0.3, -0.25) is 4.79 Å². The number of halogens is 1. The molecule has 0 fully saturated rings. The van der Waals surface area contributed by atoms with E-state index in [0.717, 1.165) is 16.5 Å². The van der Waals surface area contributed by atoms with E-state index in [-0.39, 0.29) is 0 Å². The predicted molar refractivity (Wildman–Crippen MR) is 80.1 cm³/mol. The lowest BCUT2D eigenvalue weighted by Gasteiger charge is -2.10. The molecule has 0 radical (unpaired) electrons. The molecular weight excluding hydrogens is 304 g/mol. The van der Waals surface area contributed by atoms with Crippen molar-refractivity contribution in [3.8, 4) is 11.5 Å². The molecule has 0 heterocycles. The number of hydrogen-bond acceptors (Lipinski definition) is 2. The normalized spacial score (nSPS) is 10.5. The number of carbonyl (C=O) groups is 1. The highest BCUT2D eigenvalue weighted by atomic mass is 79.9. The van der Waals surface area contributed by atoms with Crippen molar-refractivity contribution in [3.63, 3.8) is 0 Å². The minimum absolute atomic E-state index is 0.507. The molecule has 98 valence electrons. The van der Waals surface area contributed by atoms with Gasteiger partial charge in [-0.25, -0.2) is 0 Å². The van der Waals surface area contributed by atoms with Crippen LogP contribution in [0.15, 0.2) is 46.9 Å². The van der Waals surface area contributed by atoms with Crippen LogP contribution >= 0.6 is 15.9 Å². The van der Waals surface area contributed by atoms with E-state index in [9.17, 15) is 4.79 Å². The third kappa shape index (κ3) is 3.44. The van der Waals surface area contributed by atoms with Gasteiger partial charge in [-0.1, -0.05) is 26.0 Å². The van der Waals surface area contributed by atoms with Crippen molar-refractivity contribution in [3.05, 3.63) is 58.1 Å². The van der Waals surface area contributed by atoms with Gasteiger partial charge >= 0.3 is 0 Å². The van der Waals surface area contributed by atoms with Gasteiger partial charge in [0.2, 0.25) is 0 Å². The monoisotopic (exact) mass is 318 g/mol. The summed E-state index contributed by atoms with van der Waals surface area (Å²) in [6, 6.07) is 13.3. The Labute approximate surface area is 121 Å². The third-order valence-corrected chi connectivity index (χ3v) is 3.49. The average molecular weight is 319 g/mol. The lowest BCUT2D eigenvalue weighted by Crippen LogP contribution is -1.90. The van der Waals surface area contributed by atoms with Crippen molar-refractivity contribution in [2.75, 3.05) is 0 Å². The van der Waals surface area contributed by atoms with Gasteiger partial charge in [0.25, 0.3) is 0 Å². The van der Waals surface area contributed by atoms with Crippen LogP contribution < -0.4 is 4.74 Å². The van der Waals surface area contributed by atoms with Gasteiger partial charge in [0.05, 0.1) is 4.47 Å². The maximum atomic E-state index is 10.7. The fourth-order valence-corrected chi connectivity index (χ4v) is 2.20. The van der Waals surface area contributed by atoms with Gasteiger partial charge in [-0.15, -0.1) is 0 Å². The van der Waals surface area contributed by atoms with E-state index in [4.69, 9.17) is 4.74 Å². The first-order chi connectivity index (χ1) is 9.10. The molecule has 0 bridgehead atoms. The van der Waals surface area contributed by atoms with Gasteiger partial charge in [0.15, 0.2) is 0 Å². The molecule has 0 unspecified atom stereocenters. The van der Waals surface area contributed by atoms with Gasteiger partial charge in [0, 0.05) is 5.56 Å². The lowest BCUT2D eigenvalue weighted by molar-refractivity contribution is 0.112. The Kier molecular flexibility index (Phi) is 4.38. The van der Waals surface area contributed by atoms with Crippen molar-refractivity contribution in [2.24, 2.45) is 0 Å². The lowest BCUT2D eigenvalue weighted by atomic mass is 10.0. The first-order valence-corrected chi connectivity index (χ1v) is 6.92. The van der Waals surface area contributed by atoms with E-state index in [2.05, 4.69) is 41.9 Å². The van der Waals surface area contributed by atoms with Crippen LogP contribution in [0.1, 0.15) is 35.7 Å². The topological polar surface area (TPSA) is 26.3 Å². The van der Waals surface area contributed by atoms with Gasteiger partial charge in [-0.2, -0.15) is 0 Å². The maximum Gasteiger partial charge on any atom is 0.150 e. The molecule has 0 atom stereocenters. The summed E-state index contributed by atoms with van der Waals surface area (Å²) in [5.41, 5.74) is 1.90. The summed E-state index contributed by atoms with van der Waals surface area (Å²) < 4.78 is 6.55. The SMILES string of the molecule is CC(C)c1ccc(Oc2ccc(C=O)cc2Br)cc1. The van der Waals surface area contributed by atoms with Gasteiger partial charge in [0.1, 0.15) is 17.8 Å². The molecule has 0 aromatic heterocycles. The standard InChI is InChI=1S/C16H15BrO2/c1-11(2)13-4-6-14(7-5-13)19-16-8-3-12(10-18)9-15(16)17/h3-11H,1-2H3. The Hall–Kier alpha value is -1.61. The van der Waals surface area contributed by atoms with E-state index in [1.54, 1.807) is 18.2 Å². The number of benzene rings is 2. The smallest absolute Gasteiger partial charge is 0.150 e. The Morgan fingerprint density at radius 2 is 1.79 bits per heavy atom. The third-order valence-electron chi connectivity index (χ3n) is 2.87. The minimum atomic E-state index is 0.507. The molecule has 0 saturated heterocycles. The summed E-state index contributed by atoms with van der Waals surface area (Å²) >= 11 is 3.40. The summed E-state index contributed by atoms with van der Waals surface area (Å²) in [5.74, 6) is 1.99. The molecule has 19 heavy (non-hydrogen) atoms. The zero-order valence-corrected chi connectivity index (χ0v) is 12.5. The summed E-state index contributed by atoms with van der Waals surface area (Å²) in [7, 11) is 0. The molecule has 2 nitrogen and oxygen atoms in total. The molecule has 2 aromatic rings. The van der Waals surface area contributed by atoms with Crippen molar-refractivity contribution in [1.82, 2.24) is 0 Å². The number of carbonyl (C=O) groups excluding carboxylic acids is 1. The summed E-state index contributed by atoms with van der Waals surface area (Å²) in [6.07, 6.45) is 0.811. The molecule has 2 rings (SSSR count). The summed E-state index contributed by atoms with van der Waals surface area (Å²) in [4.78, 5) is 10.7. The second-order valence-electron chi connectivity index (χ2n) is 4.63. The zero-order valence-electron chi connectivity index (χ0n) is 10.9. The first kappa shape index (κ1) is 13.8. The van der Waals surface area contributed by atoms with Crippen LogP contribution in [0.5, 0.6) is 11.5 Å². The van der Waals surface area contributed by atoms with Gasteiger partial charge < -0.3 is 4.74 Å². The van der Waals surface area contributed by atoms with E-state index < -0.39 is 0 Å². The first-order valence-electron chi connectivity index (χ1n) is 6.12. The van der Waals surface area contributed by atoms with Crippen LogP contribution in [-0.2, 0) is 0 Å². The molecule has 3 heteroatoms. The van der Waals surface area contributed by atoms with Crippen LogP contribution in [0.3, 0.4) is 0 Å². The zero-order chi connectivity index (χ0) is 13.8. The average Bonchev–Trinajstić information content (AvgIpc) is 2.41. The van der Waals surface area contributed by atoms with Crippen LogP contribution in [0.2, 0.25) is 0 Å². The van der Waals surface area contributed by atoms with Crippen molar-refractivity contribution in [1.29, 1.82) is 0 Å². The number of aldehydes is 1. The van der Waals surface area contributed by atoms with E-state index >= 15 is 0 Å². The summed E-state index contributed by atoms with van der Waals surface area (Å²) in [6.45, 7) is 4.31. The molecule has 0 amide bonds. The Balaban J connectivity index is 2.19. The van der Waals surface area contributed by atoms with Crippen LogP contribution in [0.4, 0.5) is 0 Å².